The molecule has 0 amide bonds. The van der Waals surface area contributed by atoms with Crippen molar-refractivity contribution in [1.29, 1.82) is 0 Å². The van der Waals surface area contributed by atoms with E-state index in [4.69, 9.17) is 18.6 Å². The van der Waals surface area contributed by atoms with Gasteiger partial charge in [-0.05, 0) is 45.0 Å². The summed E-state index contributed by atoms with van der Waals surface area (Å²) in [6.45, 7) is 6.13. The first-order chi connectivity index (χ1) is 14.4. The molecule has 156 valence electrons. The number of fused-ring (bicyclic) bond motifs is 1. The number of furan rings is 1. The Morgan fingerprint density at radius 3 is 2.60 bits per heavy atom. The molecule has 30 heavy (non-hydrogen) atoms. The van der Waals surface area contributed by atoms with Gasteiger partial charge in [0.15, 0.2) is 24.2 Å². The van der Waals surface area contributed by atoms with Crippen molar-refractivity contribution in [2.45, 2.75) is 33.4 Å². The van der Waals surface area contributed by atoms with Crippen LogP contribution in [0.2, 0.25) is 0 Å². The zero-order chi connectivity index (χ0) is 21.3. The van der Waals surface area contributed by atoms with Crippen molar-refractivity contribution in [2.24, 2.45) is 0 Å². The molecular weight excluding hydrogens is 386 g/mol. The molecule has 1 aromatic carbocycles. The summed E-state index contributed by atoms with van der Waals surface area (Å²) in [5, 5.41) is 0. The summed E-state index contributed by atoms with van der Waals surface area (Å²) in [6, 6.07) is 10.9. The van der Waals surface area contributed by atoms with Crippen molar-refractivity contribution in [3.05, 3.63) is 70.9 Å². The molecule has 1 aliphatic rings. The highest BCUT2D eigenvalue weighted by molar-refractivity contribution is 6.00. The smallest absolute Gasteiger partial charge is 0.342 e. The summed E-state index contributed by atoms with van der Waals surface area (Å²) < 4.78 is 24.1. The summed E-state index contributed by atoms with van der Waals surface area (Å²) in [4.78, 5) is 24.8. The lowest BCUT2D eigenvalue weighted by Crippen LogP contribution is -2.33. The third-order valence-corrected chi connectivity index (χ3v) is 5.24. The van der Waals surface area contributed by atoms with E-state index in [-0.39, 0.29) is 18.5 Å². The van der Waals surface area contributed by atoms with Crippen molar-refractivity contribution in [3.8, 4) is 11.5 Å². The zero-order valence-electron chi connectivity index (χ0n) is 17.1. The largest absolute Gasteiger partial charge is 0.486 e. The van der Waals surface area contributed by atoms with Crippen LogP contribution in [-0.4, -0.2) is 35.6 Å². The van der Waals surface area contributed by atoms with E-state index in [1.807, 2.05) is 48.7 Å². The van der Waals surface area contributed by atoms with Gasteiger partial charge in [0.1, 0.15) is 17.9 Å². The highest BCUT2D eigenvalue weighted by atomic mass is 16.6. The number of ketones is 1. The van der Waals surface area contributed by atoms with Gasteiger partial charge in [0.05, 0.1) is 12.8 Å². The van der Waals surface area contributed by atoms with E-state index < -0.39 is 5.97 Å². The van der Waals surface area contributed by atoms with Crippen LogP contribution in [0.15, 0.2) is 47.1 Å². The lowest BCUT2D eigenvalue weighted by Gasteiger charge is -2.27. The molecule has 0 bridgehead atoms. The standard InChI is InChI=1S/C23H23NO6/c1-14-10-19(20(25)13-29-23(26)18-8-9-27-16(18)3)15(2)24(14)11-17-12-28-21-6-4-5-7-22(21)30-17/h4-10,17H,11-13H2,1-3H3. The van der Waals surface area contributed by atoms with Crippen molar-refractivity contribution in [3.63, 3.8) is 0 Å². The number of aryl methyl sites for hydroxylation is 2. The van der Waals surface area contributed by atoms with Crippen LogP contribution in [-0.2, 0) is 11.3 Å². The average Bonchev–Trinajstić information content (AvgIpc) is 3.30. The van der Waals surface area contributed by atoms with Crippen molar-refractivity contribution in [2.75, 3.05) is 13.2 Å². The molecule has 0 radical (unpaired) electrons. The zero-order valence-corrected chi connectivity index (χ0v) is 17.1. The van der Waals surface area contributed by atoms with Gasteiger partial charge < -0.3 is 23.2 Å². The van der Waals surface area contributed by atoms with Gasteiger partial charge in [-0.3, -0.25) is 4.79 Å². The Morgan fingerprint density at radius 1 is 1.10 bits per heavy atom. The van der Waals surface area contributed by atoms with Crippen LogP contribution >= 0.6 is 0 Å². The van der Waals surface area contributed by atoms with E-state index in [0.717, 1.165) is 17.1 Å². The van der Waals surface area contributed by atoms with Crippen LogP contribution in [0.1, 0.15) is 37.9 Å². The van der Waals surface area contributed by atoms with Gasteiger partial charge >= 0.3 is 5.97 Å². The minimum atomic E-state index is -0.574. The minimum Gasteiger partial charge on any atom is -0.486 e. The van der Waals surface area contributed by atoms with Crippen LogP contribution in [0.5, 0.6) is 11.5 Å². The molecule has 0 saturated carbocycles. The number of esters is 1. The maximum absolute atomic E-state index is 12.7. The number of carbonyl (C=O) groups excluding carboxylic acids is 2. The van der Waals surface area contributed by atoms with Gasteiger partial charge in [-0.15, -0.1) is 0 Å². The molecule has 2 aromatic heterocycles. The van der Waals surface area contributed by atoms with Crippen LogP contribution in [0, 0.1) is 20.8 Å². The number of carbonyl (C=O) groups is 2. The molecule has 1 aliphatic heterocycles. The number of para-hydroxylation sites is 2. The van der Waals surface area contributed by atoms with E-state index in [1.54, 1.807) is 6.92 Å². The summed E-state index contributed by atoms with van der Waals surface area (Å²) in [5.41, 5.74) is 2.58. The molecule has 0 fully saturated rings. The average molecular weight is 409 g/mol. The number of rotatable bonds is 6. The molecule has 7 heteroatoms. The molecule has 0 aliphatic carbocycles. The minimum absolute atomic E-state index is 0.172. The molecule has 0 spiro atoms. The van der Waals surface area contributed by atoms with Gasteiger partial charge in [-0.2, -0.15) is 0 Å². The number of aromatic nitrogens is 1. The topological polar surface area (TPSA) is 79.9 Å². The molecule has 1 atom stereocenters. The Hall–Kier alpha value is -3.48. The maximum atomic E-state index is 12.7. The fraction of sp³-hybridized carbons (Fsp3) is 0.304. The third kappa shape index (κ3) is 3.83. The fourth-order valence-electron chi connectivity index (χ4n) is 3.60. The summed E-state index contributed by atoms with van der Waals surface area (Å²) >= 11 is 0. The number of Topliss-reactive ketones (excluding diaryl/α,β-unsaturated/α-hetero) is 1. The number of hydrogen-bond acceptors (Lipinski definition) is 6. The second-order valence-electron chi connectivity index (χ2n) is 7.28. The van der Waals surface area contributed by atoms with Gasteiger partial charge in [0.2, 0.25) is 5.78 Å². The predicted molar refractivity (Wildman–Crippen MR) is 108 cm³/mol. The van der Waals surface area contributed by atoms with Crippen LogP contribution in [0.3, 0.4) is 0 Å². The quantitative estimate of drug-likeness (QED) is 0.454. The number of benzene rings is 1. The van der Waals surface area contributed by atoms with Gasteiger partial charge in [0, 0.05) is 17.0 Å². The van der Waals surface area contributed by atoms with E-state index in [1.165, 1.54) is 12.3 Å². The Kier molecular flexibility index (Phi) is 5.35. The van der Waals surface area contributed by atoms with Crippen molar-refractivity contribution >= 4 is 11.8 Å². The van der Waals surface area contributed by atoms with E-state index >= 15 is 0 Å². The molecule has 3 aromatic rings. The lowest BCUT2D eigenvalue weighted by atomic mass is 10.1. The first kappa shape index (κ1) is 19.8. The normalized spacial score (nSPS) is 15.1. The first-order valence-electron chi connectivity index (χ1n) is 9.73. The Balaban J connectivity index is 1.42. The lowest BCUT2D eigenvalue weighted by molar-refractivity contribution is 0.0472. The van der Waals surface area contributed by atoms with E-state index in [0.29, 0.717) is 35.8 Å². The summed E-state index contributed by atoms with van der Waals surface area (Å²) in [5.74, 6) is 1.08. The Labute approximate surface area is 174 Å². The monoisotopic (exact) mass is 409 g/mol. The molecule has 0 N–H and O–H groups in total. The van der Waals surface area contributed by atoms with Gasteiger partial charge in [-0.1, -0.05) is 12.1 Å². The van der Waals surface area contributed by atoms with Crippen LogP contribution in [0.4, 0.5) is 0 Å². The highest BCUT2D eigenvalue weighted by Gasteiger charge is 2.24. The highest BCUT2D eigenvalue weighted by Crippen LogP contribution is 2.31. The fourth-order valence-corrected chi connectivity index (χ4v) is 3.60. The molecule has 1 unspecified atom stereocenters. The second kappa shape index (κ2) is 8.10. The van der Waals surface area contributed by atoms with Crippen molar-refractivity contribution in [1.82, 2.24) is 4.57 Å². The SMILES string of the molecule is Cc1occc1C(=O)OCC(=O)c1cc(C)n(CC2COc3ccccc3O2)c1C. The Morgan fingerprint density at radius 2 is 1.87 bits per heavy atom. The van der Waals surface area contributed by atoms with Gasteiger partial charge in [-0.25, -0.2) is 4.79 Å². The van der Waals surface area contributed by atoms with Crippen LogP contribution < -0.4 is 9.47 Å². The predicted octanol–water partition coefficient (Wildman–Crippen LogP) is 3.89. The first-order valence-corrected chi connectivity index (χ1v) is 9.73. The number of nitrogens with zero attached hydrogens (tertiary/aromatic N) is 1. The molecule has 7 nitrogen and oxygen atoms in total. The van der Waals surface area contributed by atoms with Crippen LogP contribution in [0.25, 0.3) is 0 Å². The van der Waals surface area contributed by atoms with E-state index in [2.05, 4.69) is 0 Å². The van der Waals surface area contributed by atoms with Gasteiger partial charge in [0.25, 0.3) is 0 Å². The maximum Gasteiger partial charge on any atom is 0.342 e. The molecule has 4 rings (SSSR count). The molecule has 3 heterocycles. The number of ether oxygens (including phenoxy) is 3. The second-order valence-corrected chi connectivity index (χ2v) is 7.28. The van der Waals surface area contributed by atoms with E-state index in [9.17, 15) is 9.59 Å². The van der Waals surface area contributed by atoms with Crippen molar-refractivity contribution < 1.29 is 28.2 Å². The summed E-state index contributed by atoms with van der Waals surface area (Å²) in [6.07, 6.45) is 1.24. The Bertz CT molecular complexity index is 1090. The number of hydrogen-bond donors (Lipinski definition) is 0. The molecule has 0 saturated heterocycles. The molecular formula is C23H23NO6. The third-order valence-electron chi connectivity index (χ3n) is 5.24. The summed E-state index contributed by atoms with van der Waals surface area (Å²) in [7, 11) is 0.